The molecule has 0 aliphatic carbocycles. The van der Waals surface area contributed by atoms with Crippen LogP contribution < -0.4 is 10.1 Å². The van der Waals surface area contributed by atoms with Crippen molar-refractivity contribution in [2.75, 3.05) is 19.0 Å². The van der Waals surface area contributed by atoms with Crippen LogP contribution in [0.4, 0.5) is 5.69 Å². The molecule has 0 fully saturated rings. The number of aryl methyl sites for hydroxylation is 1. The molecule has 1 N–H and O–H groups in total. The third-order valence-electron chi connectivity index (χ3n) is 3.57. The standard InChI is InChI=1S/C19H23NO3/c1-3-23-19(21)18(14-9-15-7-5-4-6-8-15)20-16-10-12-17(22-2)13-11-16/h4-8,10-13,18,20H,3,9,14H2,1-2H3. The van der Waals surface area contributed by atoms with E-state index >= 15 is 0 Å². The third-order valence-corrected chi connectivity index (χ3v) is 3.57. The molecule has 2 aromatic carbocycles. The van der Waals surface area contributed by atoms with Crippen LogP contribution in [0.15, 0.2) is 54.6 Å². The van der Waals surface area contributed by atoms with Crippen molar-refractivity contribution in [3.8, 4) is 5.75 Å². The Morgan fingerprint density at radius 2 is 1.78 bits per heavy atom. The molecule has 0 saturated heterocycles. The fourth-order valence-corrected chi connectivity index (χ4v) is 2.34. The summed E-state index contributed by atoms with van der Waals surface area (Å²) < 4.78 is 10.3. The predicted octanol–water partition coefficient (Wildman–Crippen LogP) is 3.67. The Morgan fingerprint density at radius 3 is 2.39 bits per heavy atom. The van der Waals surface area contributed by atoms with Crippen LogP contribution in [-0.4, -0.2) is 25.7 Å². The van der Waals surface area contributed by atoms with Crippen LogP contribution in [0.3, 0.4) is 0 Å². The minimum atomic E-state index is -0.372. The number of esters is 1. The second kappa shape index (κ2) is 8.83. The molecule has 0 aromatic heterocycles. The monoisotopic (exact) mass is 313 g/mol. The van der Waals surface area contributed by atoms with Gasteiger partial charge in [-0.25, -0.2) is 4.79 Å². The maximum Gasteiger partial charge on any atom is 0.328 e. The Hall–Kier alpha value is -2.49. The summed E-state index contributed by atoms with van der Waals surface area (Å²) in [5.41, 5.74) is 2.08. The molecule has 0 heterocycles. The maximum atomic E-state index is 12.2. The molecule has 0 aliphatic rings. The highest BCUT2D eigenvalue weighted by molar-refractivity contribution is 5.79. The van der Waals surface area contributed by atoms with Crippen molar-refractivity contribution in [1.29, 1.82) is 0 Å². The summed E-state index contributed by atoms with van der Waals surface area (Å²) in [5, 5.41) is 3.26. The van der Waals surface area contributed by atoms with Crippen LogP contribution in [0.2, 0.25) is 0 Å². The lowest BCUT2D eigenvalue weighted by atomic mass is 10.0. The van der Waals surface area contributed by atoms with Gasteiger partial charge >= 0.3 is 5.97 Å². The van der Waals surface area contributed by atoms with E-state index in [4.69, 9.17) is 9.47 Å². The third kappa shape index (κ3) is 5.33. The van der Waals surface area contributed by atoms with Crippen molar-refractivity contribution < 1.29 is 14.3 Å². The zero-order chi connectivity index (χ0) is 16.5. The van der Waals surface area contributed by atoms with Gasteiger partial charge in [0.25, 0.3) is 0 Å². The Labute approximate surface area is 137 Å². The number of methoxy groups -OCH3 is 1. The smallest absolute Gasteiger partial charge is 0.328 e. The molecule has 0 amide bonds. The van der Waals surface area contributed by atoms with E-state index < -0.39 is 0 Å². The van der Waals surface area contributed by atoms with Crippen LogP contribution in [0.5, 0.6) is 5.75 Å². The van der Waals surface area contributed by atoms with Gasteiger partial charge in [0, 0.05) is 5.69 Å². The van der Waals surface area contributed by atoms with E-state index in [-0.39, 0.29) is 12.0 Å². The second-order valence-electron chi connectivity index (χ2n) is 5.20. The first kappa shape index (κ1) is 16.9. The Bertz CT molecular complexity index is 596. The number of carbonyl (C=O) groups excluding carboxylic acids is 1. The number of anilines is 1. The van der Waals surface area contributed by atoms with Gasteiger partial charge in [-0.1, -0.05) is 30.3 Å². The molecular weight excluding hydrogens is 290 g/mol. The van der Waals surface area contributed by atoms with Crippen LogP contribution >= 0.6 is 0 Å². The normalized spacial score (nSPS) is 11.6. The van der Waals surface area contributed by atoms with Crippen molar-refractivity contribution in [2.24, 2.45) is 0 Å². The number of nitrogens with one attached hydrogen (secondary N) is 1. The summed E-state index contributed by atoms with van der Waals surface area (Å²) in [6.45, 7) is 2.20. The molecular formula is C19H23NO3. The molecule has 0 spiro atoms. The highest BCUT2D eigenvalue weighted by atomic mass is 16.5. The number of ether oxygens (including phenoxy) is 2. The van der Waals surface area contributed by atoms with Gasteiger partial charge in [0.1, 0.15) is 11.8 Å². The minimum Gasteiger partial charge on any atom is -0.497 e. The van der Waals surface area contributed by atoms with Crippen LogP contribution in [0, 0.1) is 0 Å². The van der Waals surface area contributed by atoms with Crippen molar-refractivity contribution >= 4 is 11.7 Å². The first-order valence-corrected chi connectivity index (χ1v) is 7.84. The first-order chi connectivity index (χ1) is 11.2. The minimum absolute atomic E-state index is 0.223. The van der Waals surface area contributed by atoms with Crippen LogP contribution in [0.1, 0.15) is 18.9 Å². The average Bonchev–Trinajstić information content (AvgIpc) is 2.60. The number of carbonyl (C=O) groups is 1. The van der Waals surface area contributed by atoms with E-state index in [1.54, 1.807) is 7.11 Å². The molecule has 0 saturated carbocycles. The Balaban J connectivity index is 2.02. The number of hydrogen-bond acceptors (Lipinski definition) is 4. The number of benzene rings is 2. The average molecular weight is 313 g/mol. The second-order valence-corrected chi connectivity index (χ2v) is 5.20. The molecule has 23 heavy (non-hydrogen) atoms. The molecule has 4 nitrogen and oxygen atoms in total. The summed E-state index contributed by atoms with van der Waals surface area (Å²) in [5.74, 6) is 0.562. The molecule has 122 valence electrons. The molecule has 0 radical (unpaired) electrons. The summed E-state index contributed by atoms with van der Waals surface area (Å²) in [7, 11) is 1.63. The van der Waals surface area contributed by atoms with E-state index in [0.29, 0.717) is 13.0 Å². The number of rotatable bonds is 8. The summed E-state index contributed by atoms with van der Waals surface area (Å²) >= 11 is 0. The highest BCUT2D eigenvalue weighted by Gasteiger charge is 2.19. The quantitative estimate of drug-likeness (QED) is 0.755. The highest BCUT2D eigenvalue weighted by Crippen LogP contribution is 2.17. The molecule has 1 unspecified atom stereocenters. The fourth-order valence-electron chi connectivity index (χ4n) is 2.34. The van der Waals surface area contributed by atoms with Gasteiger partial charge in [0.05, 0.1) is 13.7 Å². The van der Waals surface area contributed by atoms with Gasteiger partial charge in [0.15, 0.2) is 0 Å². The van der Waals surface area contributed by atoms with Gasteiger partial charge in [-0.15, -0.1) is 0 Å². The van der Waals surface area contributed by atoms with Crippen molar-refractivity contribution in [2.45, 2.75) is 25.8 Å². The van der Waals surface area contributed by atoms with Crippen LogP contribution in [-0.2, 0) is 16.0 Å². The fraction of sp³-hybridized carbons (Fsp3) is 0.316. The lowest BCUT2D eigenvalue weighted by Gasteiger charge is -2.18. The van der Waals surface area contributed by atoms with Crippen molar-refractivity contribution in [1.82, 2.24) is 0 Å². The van der Waals surface area contributed by atoms with E-state index in [9.17, 15) is 4.79 Å². The van der Waals surface area contributed by atoms with Gasteiger partial charge < -0.3 is 14.8 Å². The largest absolute Gasteiger partial charge is 0.497 e. The molecule has 0 bridgehead atoms. The van der Waals surface area contributed by atoms with E-state index in [1.165, 1.54) is 5.56 Å². The summed E-state index contributed by atoms with van der Waals surface area (Å²) in [6.07, 6.45) is 1.49. The zero-order valence-electron chi connectivity index (χ0n) is 13.6. The van der Waals surface area contributed by atoms with E-state index in [0.717, 1.165) is 17.9 Å². The molecule has 4 heteroatoms. The summed E-state index contributed by atoms with van der Waals surface area (Å²) in [6, 6.07) is 17.3. The lowest BCUT2D eigenvalue weighted by molar-refractivity contribution is -0.144. The topological polar surface area (TPSA) is 47.6 Å². The van der Waals surface area contributed by atoms with E-state index in [1.807, 2.05) is 49.4 Å². The first-order valence-electron chi connectivity index (χ1n) is 7.84. The lowest BCUT2D eigenvalue weighted by Crippen LogP contribution is -2.32. The van der Waals surface area contributed by atoms with Gasteiger partial charge in [0.2, 0.25) is 0 Å². The van der Waals surface area contributed by atoms with Gasteiger partial charge in [-0.05, 0) is 49.6 Å². The van der Waals surface area contributed by atoms with Gasteiger partial charge in [-0.3, -0.25) is 0 Å². The zero-order valence-corrected chi connectivity index (χ0v) is 13.6. The van der Waals surface area contributed by atoms with Crippen molar-refractivity contribution in [3.63, 3.8) is 0 Å². The Kier molecular flexibility index (Phi) is 6.48. The number of hydrogen-bond donors (Lipinski definition) is 1. The summed E-state index contributed by atoms with van der Waals surface area (Å²) in [4.78, 5) is 12.2. The van der Waals surface area contributed by atoms with Gasteiger partial charge in [-0.2, -0.15) is 0 Å². The molecule has 2 aromatic rings. The molecule has 0 aliphatic heterocycles. The molecule has 2 rings (SSSR count). The van der Waals surface area contributed by atoms with Crippen molar-refractivity contribution in [3.05, 3.63) is 60.2 Å². The predicted molar refractivity (Wildman–Crippen MR) is 91.8 cm³/mol. The maximum absolute atomic E-state index is 12.2. The SMILES string of the molecule is CCOC(=O)C(CCc1ccccc1)Nc1ccc(OC)cc1. The Morgan fingerprint density at radius 1 is 1.09 bits per heavy atom. The van der Waals surface area contributed by atoms with E-state index in [2.05, 4.69) is 17.4 Å². The molecule has 1 atom stereocenters. The van der Waals surface area contributed by atoms with Crippen LogP contribution in [0.25, 0.3) is 0 Å².